The Morgan fingerprint density at radius 2 is 1.56 bits per heavy atom. The third kappa shape index (κ3) is 11.3. The van der Waals surface area contributed by atoms with Crippen molar-refractivity contribution in [2.75, 3.05) is 19.8 Å². The first-order valence-corrected chi connectivity index (χ1v) is 9.44. The summed E-state index contributed by atoms with van der Waals surface area (Å²) in [7, 11) is 0. The predicted octanol–water partition coefficient (Wildman–Crippen LogP) is 3.74. The zero-order chi connectivity index (χ0) is 19.7. The molecule has 1 amide bonds. The van der Waals surface area contributed by atoms with Crippen molar-refractivity contribution in [1.82, 2.24) is 5.32 Å². The highest BCUT2D eigenvalue weighted by Crippen LogP contribution is 2.24. The fourth-order valence-corrected chi connectivity index (χ4v) is 2.18. The van der Waals surface area contributed by atoms with Crippen molar-refractivity contribution in [1.29, 1.82) is 0 Å². The van der Waals surface area contributed by atoms with Crippen molar-refractivity contribution in [2.24, 2.45) is 11.3 Å². The molecule has 0 radical (unpaired) electrons. The SMILES string of the molecule is CC(C)OCCNC(=O)C(C)(C)CCOC(C)(C)CCC(=O)C(C)C. The van der Waals surface area contributed by atoms with Gasteiger partial charge in [-0.15, -0.1) is 0 Å². The number of nitrogens with one attached hydrogen (secondary N) is 1. The molecule has 0 atom stereocenters. The Morgan fingerprint density at radius 3 is 2.08 bits per heavy atom. The normalized spacial score (nSPS) is 12.7. The van der Waals surface area contributed by atoms with Gasteiger partial charge in [0, 0.05) is 30.9 Å². The first kappa shape index (κ1) is 24.1. The Labute approximate surface area is 154 Å². The molecule has 0 unspecified atom stereocenters. The van der Waals surface area contributed by atoms with Gasteiger partial charge in [0.1, 0.15) is 5.78 Å². The molecule has 148 valence electrons. The summed E-state index contributed by atoms with van der Waals surface area (Å²) >= 11 is 0. The van der Waals surface area contributed by atoms with E-state index >= 15 is 0 Å². The standard InChI is InChI=1S/C20H39NO4/c1-15(2)17(22)9-10-20(7,8)25-13-11-19(5,6)18(23)21-12-14-24-16(3)4/h15-16H,9-14H2,1-8H3,(H,21,23). The van der Waals surface area contributed by atoms with E-state index < -0.39 is 5.41 Å². The molecule has 0 aliphatic carbocycles. The van der Waals surface area contributed by atoms with Gasteiger partial charge in [-0.25, -0.2) is 0 Å². The van der Waals surface area contributed by atoms with Crippen LogP contribution in [0.3, 0.4) is 0 Å². The predicted molar refractivity (Wildman–Crippen MR) is 102 cm³/mol. The van der Waals surface area contributed by atoms with Crippen molar-refractivity contribution in [3.8, 4) is 0 Å². The third-order valence-corrected chi connectivity index (χ3v) is 4.29. The summed E-state index contributed by atoms with van der Waals surface area (Å²) in [5, 5.41) is 2.91. The zero-order valence-corrected chi connectivity index (χ0v) is 17.5. The largest absolute Gasteiger partial charge is 0.377 e. The van der Waals surface area contributed by atoms with Crippen molar-refractivity contribution in [3.05, 3.63) is 0 Å². The molecule has 0 bridgehead atoms. The lowest BCUT2D eigenvalue weighted by molar-refractivity contribution is -0.131. The van der Waals surface area contributed by atoms with Crippen LogP contribution in [0.2, 0.25) is 0 Å². The van der Waals surface area contributed by atoms with E-state index in [4.69, 9.17) is 9.47 Å². The number of Topliss-reactive ketones (excluding diaryl/α,β-unsaturated/α-hetero) is 1. The highest BCUT2D eigenvalue weighted by Gasteiger charge is 2.28. The minimum absolute atomic E-state index is 0.0104. The van der Waals surface area contributed by atoms with Crippen LogP contribution in [0, 0.1) is 11.3 Å². The second-order valence-corrected chi connectivity index (χ2v) is 8.54. The molecule has 0 saturated carbocycles. The minimum Gasteiger partial charge on any atom is -0.377 e. The second kappa shape index (κ2) is 10.9. The Bertz CT molecular complexity index is 414. The van der Waals surface area contributed by atoms with Gasteiger partial charge in [0.05, 0.1) is 18.3 Å². The maximum atomic E-state index is 12.3. The van der Waals surface area contributed by atoms with E-state index in [2.05, 4.69) is 5.32 Å². The molecule has 0 aromatic heterocycles. The van der Waals surface area contributed by atoms with Gasteiger partial charge in [0.15, 0.2) is 0 Å². The molecule has 25 heavy (non-hydrogen) atoms. The number of hydrogen-bond acceptors (Lipinski definition) is 4. The van der Waals surface area contributed by atoms with Crippen molar-refractivity contribution in [3.63, 3.8) is 0 Å². The number of ether oxygens (including phenoxy) is 2. The van der Waals surface area contributed by atoms with Crippen molar-refractivity contribution < 1.29 is 19.1 Å². The summed E-state index contributed by atoms with van der Waals surface area (Å²) in [6.07, 6.45) is 2.03. The van der Waals surface area contributed by atoms with Crippen molar-refractivity contribution in [2.45, 2.75) is 86.4 Å². The maximum absolute atomic E-state index is 12.3. The van der Waals surface area contributed by atoms with Crippen LogP contribution in [0.4, 0.5) is 0 Å². The molecule has 0 saturated heterocycles. The van der Waals surface area contributed by atoms with Gasteiger partial charge in [-0.1, -0.05) is 27.7 Å². The van der Waals surface area contributed by atoms with Gasteiger partial charge in [0.25, 0.3) is 0 Å². The smallest absolute Gasteiger partial charge is 0.225 e. The molecular formula is C20H39NO4. The number of carbonyl (C=O) groups excluding carboxylic acids is 2. The fraction of sp³-hybridized carbons (Fsp3) is 0.900. The number of ketones is 1. The first-order chi connectivity index (χ1) is 11.4. The molecule has 1 N–H and O–H groups in total. The molecular weight excluding hydrogens is 318 g/mol. The van der Waals surface area contributed by atoms with Gasteiger partial charge in [-0.2, -0.15) is 0 Å². The molecule has 5 nitrogen and oxygen atoms in total. The van der Waals surface area contributed by atoms with Gasteiger partial charge >= 0.3 is 0 Å². The molecule has 0 aliphatic heterocycles. The van der Waals surface area contributed by atoms with E-state index in [9.17, 15) is 9.59 Å². The summed E-state index contributed by atoms with van der Waals surface area (Å²) < 4.78 is 11.4. The van der Waals surface area contributed by atoms with E-state index in [1.165, 1.54) is 0 Å². The second-order valence-electron chi connectivity index (χ2n) is 8.54. The van der Waals surface area contributed by atoms with Crippen molar-refractivity contribution >= 4 is 11.7 Å². The van der Waals surface area contributed by atoms with E-state index in [1.807, 2.05) is 55.4 Å². The van der Waals surface area contributed by atoms with Crippen LogP contribution in [0.1, 0.15) is 74.7 Å². The summed E-state index contributed by atoms with van der Waals surface area (Å²) in [5.41, 5.74) is -0.857. The number of amides is 1. The topological polar surface area (TPSA) is 64.6 Å². The lowest BCUT2D eigenvalue weighted by Gasteiger charge is -2.29. The summed E-state index contributed by atoms with van der Waals surface area (Å²) in [5.74, 6) is 0.342. The molecule has 0 aromatic rings. The Hall–Kier alpha value is -0.940. The molecule has 0 fully saturated rings. The van der Waals surface area contributed by atoms with Crippen LogP contribution in [-0.4, -0.2) is 43.2 Å². The molecule has 0 rings (SSSR count). The number of carbonyl (C=O) groups is 2. The van der Waals surface area contributed by atoms with Gasteiger partial charge in [0.2, 0.25) is 5.91 Å². The first-order valence-electron chi connectivity index (χ1n) is 9.44. The van der Waals surface area contributed by atoms with E-state index in [0.717, 1.165) is 0 Å². The molecule has 0 spiro atoms. The lowest BCUT2D eigenvalue weighted by atomic mass is 9.88. The van der Waals surface area contributed by atoms with Crippen LogP contribution in [0.5, 0.6) is 0 Å². The van der Waals surface area contributed by atoms with E-state index in [0.29, 0.717) is 39.0 Å². The van der Waals surface area contributed by atoms with E-state index in [-0.39, 0.29) is 29.3 Å². The van der Waals surface area contributed by atoms with Gasteiger partial charge in [-0.05, 0) is 40.5 Å². The number of hydrogen-bond donors (Lipinski definition) is 1. The maximum Gasteiger partial charge on any atom is 0.225 e. The monoisotopic (exact) mass is 357 g/mol. The highest BCUT2D eigenvalue weighted by atomic mass is 16.5. The lowest BCUT2D eigenvalue weighted by Crippen LogP contribution is -2.40. The average Bonchev–Trinajstić information content (AvgIpc) is 2.48. The Kier molecular flexibility index (Phi) is 10.5. The highest BCUT2D eigenvalue weighted by molar-refractivity contribution is 5.81. The van der Waals surface area contributed by atoms with Crippen LogP contribution in [0.15, 0.2) is 0 Å². The van der Waals surface area contributed by atoms with Crippen LogP contribution < -0.4 is 5.32 Å². The fourth-order valence-electron chi connectivity index (χ4n) is 2.18. The zero-order valence-electron chi connectivity index (χ0n) is 17.5. The minimum atomic E-state index is -0.498. The molecule has 0 aromatic carbocycles. The van der Waals surface area contributed by atoms with Crippen LogP contribution >= 0.6 is 0 Å². The summed E-state index contributed by atoms with van der Waals surface area (Å²) in [4.78, 5) is 24.0. The van der Waals surface area contributed by atoms with Gasteiger partial charge < -0.3 is 14.8 Å². The number of rotatable bonds is 13. The van der Waals surface area contributed by atoms with Crippen LogP contribution in [-0.2, 0) is 19.1 Å². The molecule has 5 heteroatoms. The molecule has 0 aliphatic rings. The third-order valence-electron chi connectivity index (χ3n) is 4.29. The summed E-state index contributed by atoms with van der Waals surface area (Å²) in [6.45, 7) is 17.2. The average molecular weight is 358 g/mol. The van der Waals surface area contributed by atoms with E-state index in [1.54, 1.807) is 0 Å². The quantitative estimate of drug-likeness (QED) is 0.510. The van der Waals surface area contributed by atoms with Gasteiger partial charge in [-0.3, -0.25) is 9.59 Å². The summed E-state index contributed by atoms with van der Waals surface area (Å²) in [6, 6.07) is 0. The molecule has 0 heterocycles. The Morgan fingerprint density at radius 1 is 0.960 bits per heavy atom. The van der Waals surface area contributed by atoms with Crippen LogP contribution in [0.25, 0.3) is 0 Å². The Balaban J connectivity index is 4.17.